The summed E-state index contributed by atoms with van der Waals surface area (Å²) in [6, 6.07) is 1.48. The van der Waals surface area contributed by atoms with E-state index in [4.69, 9.17) is 5.26 Å². The van der Waals surface area contributed by atoms with Crippen LogP contribution < -0.4 is 0 Å². The molecule has 46 valence electrons. The first-order valence-electron chi connectivity index (χ1n) is 2.47. The lowest BCUT2D eigenvalue weighted by Crippen LogP contribution is -2.20. The van der Waals surface area contributed by atoms with Gasteiger partial charge in [0.05, 0.1) is 6.54 Å². The lowest BCUT2D eigenvalue weighted by Gasteiger charge is -2.01. The van der Waals surface area contributed by atoms with Gasteiger partial charge in [0.2, 0.25) is 0 Å². The van der Waals surface area contributed by atoms with Gasteiger partial charge in [-0.25, -0.2) is 4.79 Å². The van der Waals surface area contributed by atoms with Gasteiger partial charge in [0.25, 0.3) is 0 Å². The number of amides is 2. The molecular formula is C5H5N3O. The van der Waals surface area contributed by atoms with Crippen LogP contribution in [0.1, 0.15) is 0 Å². The summed E-state index contributed by atoms with van der Waals surface area (Å²) in [6.45, 7) is 0.356. The lowest BCUT2D eigenvalue weighted by atomic mass is 10.4. The molecule has 0 aromatic rings. The molecule has 0 spiro atoms. The summed E-state index contributed by atoms with van der Waals surface area (Å²) < 4.78 is 0. The quantitative estimate of drug-likeness (QED) is 0.455. The first-order valence-corrected chi connectivity index (χ1v) is 2.47. The highest BCUT2D eigenvalue weighted by molar-refractivity contribution is 6.10. The van der Waals surface area contributed by atoms with E-state index in [1.807, 2.05) is 6.07 Å². The number of carbonyl (C=O) groups is 1. The maximum Gasteiger partial charge on any atom is 0.344 e. The van der Waals surface area contributed by atoms with Gasteiger partial charge >= 0.3 is 6.03 Å². The molecule has 4 nitrogen and oxygen atoms in total. The van der Waals surface area contributed by atoms with Gasteiger partial charge in [-0.15, -0.1) is 0 Å². The zero-order valence-corrected chi connectivity index (χ0v) is 4.96. The van der Waals surface area contributed by atoms with Crippen LogP contribution in [-0.4, -0.2) is 30.2 Å². The summed E-state index contributed by atoms with van der Waals surface area (Å²) in [5.41, 5.74) is 0.294. The zero-order chi connectivity index (χ0) is 6.85. The van der Waals surface area contributed by atoms with Crippen LogP contribution in [0, 0.1) is 11.3 Å². The first kappa shape index (κ1) is 5.76. The van der Waals surface area contributed by atoms with Crippen molar-refractivity contribution in [3.8, 4) is 6.07 Å². The van der Waals surface area contributed by atoms with Gasteiger partial charge in [0, 0.05) is 7.05 Å². The van der Waals surface area contributed by atoms with Crippen LogP contribution in [-0.2, 0) is 0 Å². The molecule has 0 aliphatic carbocycles. The Labute approximate surface area is 52.4 Å². The highest BCUT2D eigenvalue weighted by Gasteiger charge is 2.18. The van der Waals surface area contributed by atoms with E-state index in [0.717, 1.165) is 0 Å². The molecule has 0 fully saturated rings. The van der Waals surface area contributed by atoms with Crippen LogP contribution in [0.5, 0.6) is 0 Å². The van der Waals surface area contributed by atoms with Gasteiger partial charge in [-0.05, 0) is 0 Å². The van der Waals surface area contributed by atoms with Crippen molar-refractivity contribution in [3.63, 3.8) is 0 Å². The van der Waals surface area contributed by atoms with Gasteiger partial charge < -0.3 is 4.90 Å². The molecule has 0 saturated heterocycles. The molecule has 1 rings (SSSR count). The second-order valence-electron chi connectivity index (χ2n) is 1.81. The zero-order valence-electron chi connectivity index (χ0n) is 4.96. The van der Waals surface area contributed by atoms with Crippen molar-refractivity contribution < 1.29 is 4.79 Å². The van der Waals surface area contributed by atoms with Gasteiger partial charge in [0.15, 0.2) is 0 Å². The summed E-state index contributed by atoms with van der Waals surface area (Å²) >= 11 is 0. The molecule has 1 heterocycles. The second-order valence-corrected chi connectivity index (χ2v) is 1.81. The predicted octanol–water partition coefficient (Wildman–Crippen LogP) is 0.0164. The number of carbonyl (C=O) groups excluding carboxylic acids is 1. The Hall–Kier alpha value is -1.37. The Bertz CT molecular complexity index is 213. The van der Waals surface area contributed by atoms with Crippen molar-refractivity contribution in [1.82, 2.24) is 4.90 Å². The third-order valence-electron chi connectivity index (χ3n) is 1.07. The standard InChI is InChI=1S/C5H5N3O/c1-8-3-4(2-6)7-5(8)9/h3H2,1H3. The molecule has 0 aromatic carbocycles. The molecule has 1 aliphatic heterocycles. The summed E-state index contributed by atoms with van der Waals surface area (Å²) in [5, 5.41) is 8.24. The molecule has 0 unspecified atom stereocenters. The number of hydrogen-bond acceptors (Lipinski definition) is 2. The van der Waals surface area contributed by atoms with E-state index in [2.05, 4.69) is 4.99 Å². The fraction of sp³-hybridized carbons (Fsp3) is 0.400. The minimum atomic E-state index is -0.327. The topological polar surface area (TPSA) is 56.5 Å². The molecule has 0 saturated carbocycles. The van der Waals surface area contributed by atoms with E-state index in [1.165, 1.54) is 4.90 Å². The first-order chi connectivity index (χ1) is 4.24. The van der Waals surface area contributed by atoms with Gasteiger partial charge in [-0.3, -0.25) is 0 Å². The van der Waals surface area contributed by atoms with Gasteiger partial charge in [0.1, 0.15) is 11.8 Å². The average molecular weight is 123 g/mol. The summed E-state index contributed by atoms with van der Waals surface area (Å²) in [6.07, 6.45) is 0. The molecule has 0 atom stereocenters. The Kier molecular flexibility index (Phi) is 1.19. The van der Waals surface area contributed by atoms with E-state index < -0.39 is 0 Å². The molecule has 4 heteroatoms. The van der Waals surface area contributed by atoms with Crippen molar-refractivity contribution >= 4 is 11.7 Å². The molecule has 0 N–H and O–H groups in total. The van der Waals surface area contributed by atoms with E-state index in [0.29, 0.717) is 12.3 Å². The number of aliphatic imine (C=N–C) groups is 1. The van der Waals surface area contributed by atoms with E-state index in [9.17, 15) is 4.79 Å². The molecule has 9 heavy (non-hydrogen) atoms. The minimum Gasteiger partial charge on any atom is -0.319 e. The van der Waals surface area contributed by atoms with Crippen LogP contribution in [0.25, 0.3) is 0 Å². The maximum atomic E-state index is 10.5. The SMILES string of the molecule is CN1CC(C#N)=NC1=O. The van der Waals surface area contributed by atoms with Crippen molar-refractivity contribution in [2.75, 3.05) is 13.6 Å². The third-order valence-corrected chi connectivity index (χ3v) is 1.07. The maximum absolute atomic E-state index is 10.5. The molecule has 1 aliphatic rings. The van der Waals surface area contributed by atoms with Crippen LogP contribution in [0.15, 0.2) is 4.99 Å². The fourth-order valence-electron chi connectivity index (χ4n) is 0.589. The van der Waals surface area contributed by atoms with E-state index >= 15 is 0 Å². The molecule has 0 aromatic heterocycles. The van der Waals surface area contributed by atoms with E-state index in [-0.39, 0.29) is 6.03 Å². The Balaban J connectivity index is 2.77. The largest absolute Gasteiger partial charge is 0.344 e. The van der Waals surface area contributed by atoms with Gasteiger partial charge in [-0.2, -0.15) is 10.3 Å². The lowest BCUT2D eigenvalue weighted by molar-refractivity contribution is 0.228. The second kappa shape index (κ2) is 1.86. The van der Waals surface area contributed by atoms with Crippen LogP contribution in [0.4, 0.5) is 4.79 Å². The van der Waals surface area contributed by atoms with Crippen LogP contribution >= 0.6 is 0 Å². The smallest absolute Gasteiger partial charge is 0.319 e. The third kappa shape index (κ3) is 0.891. The number of rotatable bonds is 0. The highest BCUT2D eigenvalue weighted by Crippen LogP contribution is 1.98. The predicted molar refractivity (Wildman–Crippen MR) is 31.1 cm³/mol. The summed E-state index contributed by atoms with van der Waals surface area (Å²) in [7, 11) is 1.61. The monoisotopic (exact) mass is 123 g/mol. The summed E-state index contributed by atoms with van der Waals surface area (Å²) in [4.78, 5) is 15.3. The average Bonchev–Trinajstić information content (AvgIpc) is 2.13. The van der Waals surface area contributed by atoms with Crippen molar-refractivity contribution in [1.29, 1.82) is 5.26 Å². The van der Waals surface area contributed by atoms with Crippen LogP contribution in [0.2, 0.25) is 0 Å². The van der Waals surface area contributed by atoms with Gasteiger partial charge in [-0.1, -0.05) is 0 Å². The van der Waals surface area contributed by atoms with Crippen molar-refractivity contribution in [2.24, 2.45) is 4.99 Å². The number of hydrogen-bond donors (Lipinski definition) is 0. The van der Waals surface area contributed by atoms with Crippen LogP contribution in [0.3, 0.4) is 0 Å². The molecule has 0 radical (unpaired) electrons. The highest BCUT2D eigenvalue weighted by atomic mass is 16.2. The number of nitriles is 1. The van der Waals surface area contributed by atoms with Crippen molar-refractivity contribution in [3.05, 3.63) is 0 Å². The normalized spacial score (nSPS) is 17.6. The Morgan fingerprint density at radius 1 is 1.89 bits per heavy atom. The molecule has 2 amide bonds. The minimum absolute atomic E-state index is 0.294. The van der Waals surface area contributed by atoms with E-state index in [1.54, 1.807) is 7.05 Å². The number of nitrogens with zero attached hydrogens (tertiary/aromatic N) is 3. The Morgan fingerprint density at radius 2 is 2.56 bits per heavy atom. The number of urea groups is 1. The fourth-order valence-corrected chi connectivity index (χ4v) is 0.589. The Morgan fingerprint density at radius 3 is 2.78 bits per heavy atom. The molecule has 0 bridgehead atoms. The molecular weight excluding hydrogens is 118 g/mol. The summed E-state index contributed by atoms with van der Waals surface area (Å²) in [5.74, 6) is 0. The van der Waals surface area contributed by atoms with Crippen molar-refractivity contribution in [2.45, 2.75) is 0 Å².